The zero-order valence-electron chi connectivity index (χ0n) is 14.3. The summed E-state index contributed by atoms with van der Waals surface area (Å²) in [5, 5.41) is 9.56. The van der Waals surface area contributed by atoms with Crippen LogP contribution in [0.4, 0.5) is 5.82 Å². The molecule has 5 heteroatoms. The van der Waals surface area contributed by atoms with Gasteiger partial charge in [-0.25, -0.2) is 4.98 Å². The molecule has 1 aliphatic heterocycles. The van der Waals surface area contributed by atoms with Gasteiger partial charge in [-0.2, -0.15) is 5.26 Å². The monoisotopic (exact) mass is 334 g/mol. The van der Waals surface area contributed by atoms with Crippen LogP contribution in [-0.4, -0.2) is 23.1 Å². The Labute approximate surface area is 147 Å². The van der Waals surface area contributed by atoms with Crippen LogP contribution in [-0.2, 0) is 12.8 Å². The van der Waals surface area contributed by atoms with Crippen molar-refractivity contribution in [2.45, 2.75) is 44.4 Å². The first kappa shape index (κ1) is 15.9. The number of nitrogens with zero attached hydrogens (tertiary/aromatic N) is 3. The molecule has 0 aromatic carbocycles. The molecule has 5 nitrogen and oxygen atoms in total. The fourth-order valence-electron chi connectivity index (χ4n) is 4.09. The average Bonchev–Trinajstić information content (AvgIpc) is 2.67. The molecule has 0 bridgehead atoms. The number of piperidine rings is 1. The zero-order chi connectivity index (χ0) is 17.2. The Bertz CT molecular complexity index is 872. The van der Waals surface area contributed by atoms with E-state index in [1.54, 1.807) is 12.3 Å². The van der Waals surface area contributed by atoms with Gasteiger partial charge in [-0.15, -0.1) is 0 Å². The molecule has 1 N–H and O–H groups in total. The normalized spacial score (nSPS) is 17.8. The van der Waals surface area contributed by atoms with Gasteiger partial charge in [0, 0.05) is 31.0 Å². The summed E-state index contributed by atoms with van der Waals surface area (Å²) in [6.45, 7) is 1.75. The van der Waals surface area contributed by atoms with Gasteiger partial charge in [0.25, 0.3) is 0 Å². The molecule has 25 heavy (non-hydrogen) atoms. The van der Waals surface area contributed by atoms with Crippen molar-refractivity contribution in [2.24, 2.45) is 0 Å². The fraction of sp³-hybridized carbons (Fsp3) is 0.450. The minimum atomic E-state index is -0.0388. The smallest absolute Gasteiger partial charge is 0.248 e. The standard InChI is InChI=1S/C20H22N4O/c21-13-17-11-16-3-1-2-4-18(16)23-20(17)24-9-6-14(7-10-24)15-5-8-22-19(25)12-15/h5,8,11-12,14H,1-4,6-7,9-10H2,(H,22,25). The zero-order valence-corrected chi connectivity index (χ0v) is 14.3. The molecule has 2 aromatic rings. The molecule has 2 aliphatic rings. The lowest BCUT2D eigenvalue weighted by Crippen LogP contribution is -2.34. The molecule has 0 atom stereocenters. The summed E-state index contributed by atoms with van der Waals surface area (Å²) in [7, 11) is 0. The van der Waals surface area contributed by atoms with E-state index in [4.69, 9.17) is 4.98 Å². The van der Waals surface area contributed by atoms with Crippen LogP contribution in [0.2, 0.25) is 0 Å². The predicted molar refractivity (Wildman–Crippen MR) is 96.8 cm³/mol. The lowest BCUT2D eigenvalue weighted by atomic mass is 9.89. The number of pyridine rings is 2. The Balaban J connectivity index is 1.54. The molecule has 0 saturated carbocycles. The summed E-state index contributed by atoms with van der Waals surface area (Å²) < 4.78 is 0. The van der Waals surface area contributed by atoms with Gasteiger partial charge < -0.3 is 9.88 Å². The quantitative estimate of drug-likeness (QED) is 0.916. The van der Waals surface area contributed by atoms with E-state index in [1.807, 2.05) is 6.07 Å². The van der Waals surface area contributed by atoms with Crippen LogP contribution >= 0.6 is 0 Å². The van der Waals surface area contributed by atoms with Crippen LogP contribution in [0.15, 0.2) is 29.2 Å². The maximum absolute atomic E-state index is 11.5. The number of anilines is 1. The van der Waals surface area contributed by atoms with E-state index in [2.05, 4.69) is 22.0 Å². The number of aromatic nitrogens is 2. The Morgan fingerprint density at radius 1 is 1.20 bits per heavy atom. The number of fused-ring (bicyclic) bond motifs is 1. The highest BCUT2D eigenvalue weighted by molar-refractivity contribution is 5.57. The summed E-state index contributed by atoms with van der Waals surface area (Å²) >= 11 is 0. The molecule has 4 rings (SSSR count). The highest BCUT2D eigenvalue weighted by atomic mass is 16.1. The van der Waals surface area contributed by atoms with E-state index < -0.39 is 0 Å². The van der Waals surface area contributed by atoms with E-state index in [0.717, 1.165) is 50.2 Å². The van der Waals surface area contributed by atoms with Crippen LogP contribution < -0.4 is 10.5 Å². The second kappa shape index (κ2) is 6.72. The van der Waals surface area contributed by atoms with E-state index in [-0.39, 0.29) is 5.56 Å². The third-order valence-corrected chi connectivity index (χ3v) is 5.47. The van der Waals surface area contributed by atoms with Crippen molar-refractivity contribution in [2.75, 3.05) is 18.0 Å². The van der Waals surface area contributed by atoms with E-state index in [0.29, 0.717) is 11.5 Å². The lowest BCUT2D eigenvalue weighted by Gasteiger charge is -2.34. The highest BCUT2D eigenvalue weighted by Crippen LogP contribution is 2.32. The number of hydrogen-bond acceptors (Lipinski definition) is 4. The Hall–Kier alpha value is -2.61. The van der Waals surface area contributed by atoms with Crippen LogP contribution in [0.5, 0.6) is 0 Å². The van der Waals surface area contributed by atoms with Crippen molar-refractivity contribution in [1.29, 1.82) is 5.26 Å². The molecule has 0 amide bonds. The summed E-state index contributed by atoms with van der Waals surface area (Å²) in [6.07, 6.45) is 8.14. The second-order valence-electron chi connectivity index (χ2n) is 7.03. The molecular weight excluding hydrogens is 312 g/mol. The lowest BCUT2D eigenvalue weighted by molar-refractivity contribution is 0.501. The average molecular weight is 334 g/mol. The van der Waals surface area contributed by atoms with Crippen molar-refractivity contribution in [3.8, 4) is 6.07 Å². The molecule has 1 aliphatic carbocycles. The SMILES string of the molecule is N#Cc1cc2c(nc1N1CCC(c3cc[nH]c(=O)c3)CC1)CCCC2. The molecule has 128 valence electrons. The van der Waals surface area contributed by atoms with Crippen molar-refractivity contribution < 1.29 is 0 Å². The third-order valence-electron chi connectivity index (χ3n) is 5.47. The predicted octanol–water partition coefficient (Wildman–Crippen LogP) is 2.90. The van der Waals surface area contributed by atoms with Crippen molar-refractivity contribution in [1.82, 2.24) is 9.97 Å². The van der Waals surface area contributed by atoms with Gasteiger partial charge in [-0.1, -0.05) is 0 Å². The van der Waals surface area contributed by atoms with Gasteiger partial charge in [0.05, 0.1) is 5.56 Å². The number of aryl methyl sites for hydroxylation is 2. The summed E-state index contributed by atoms with van der Waals surface area (Å²) in [4.78, 5) is 21.3. The van der Waals surface area contributed by atoms with Crippen molar-refractivity contribution in [3.63, 3.8) is 0 Å². The first-order valence-corrected chi connectivity index (χ1v) is 9.11. The number of rotatable bonds is 2. The second-order valence-corrected chi connectivity index (χ2v) is 7.03. The summed E-state index contributed by atoms with van der Waals surface area (Å²) in [6, 6.07) is 8.11. The minimum absolute atomic E-state index is 0.0388. The number of aromatic amines is 1. The van der Waals surface area contributed by atoms with Crippen molar-refractivity contribution in [3.05, 3.63) is 57.1 Å². The molecule has 1 fully saturated rings. The maximum Gasteiger partial charge on any atom is 0.248 e. The molecular formula is C20H22N4O. The van der Waals surface area contributed by atoms with Crippen LogP contribution in [0.3, 0.4) is 0 Å². The molecule has 1 saturated heterocycles. The highest BCUT2D eigenvalue weighted by Gasteiger charge is 2.25. The van der Waals surface area contributed by atoms with Crippen molar-refractivity contribution >= 4 is 5.82 Å². The summed E-state index contributed by atoms with van der Waals surface area (Å²) in [5.74, 6) is 1.26. The first-order valence-electron chi connectivity index (χ1n) is 9.11. The minimum Gasteiger partial charge on any atom is -0.355 e. The Morgan fingerprint density at radius 2 is 2.00 bits per heavy atom. The first-order chi connectivity index (χ1) is 12.2. The fourth-order valence-corrected chi connectivity index (χ4v) is 4.09. The van der Waals surface area contributed by atoms with E-state index >= 15 is 0 Å². The van der Waals surface area contributed by atoms with Gasteiger partial charge in [0.15, 0.2) is 0 Å². The van der Waals surface area contributed by atoms with E-state index in [9.17, 15) is 10.1 Å². The van der Waals surface area contributed by atoms with Gasteiger partial charge in [0.1, 0.15) is 11.9 Å². The van der Waals surface area contributed by atoms with Crippen LogP contribution in [0.25, 0.3) is 0 Å². The van der Waals surface area contributed by atoms with E-state index in [1.165, 1.54) is 24.1 Å². The summed E-state index contributed by atoms with van der Waals surface area (Å²) in [5.41, 5.74) is 4.21. The third kappa shape index (κ3) is 3.17. The number of nitrogens with one attached hydrogen (secondary N) is 1. The molecule has 3 heterocycles. The number of nitriles is 1. The van der Waals surface area contributed by atoms with Crippen LogP contribution in [0, 0.1) is 11.3 Å². The number of H-pyrrole nitrogens is 1. The van der Waals surface area contributed by atoms with Gasteiger partial charge in [0.2, 0.25) is 5.56 Å². The Morgan fingerprint density at radius 3 is 2.76 bits per heavy atom. The molecule has 2 aromatic heterocycles. The maximum atomic E-state index is 11.5. The van der Waals surface area contributed by atoms with Gasteiger partial charge in [-0.05, 0) is 67.7 Å². The van der Waals surface area contributed by atoms with Gasteiger partial charge >= 0.3 is 0 Å². The molecule has 0 unspecified atom stereocenters. The topological polar surface area (TPSA) is 72.8 Å². The molecule has 0 radical (unpaired) electrons. The largest absolute Gasteiger partial charge is 0.355 e. The van der Waals surface area contributed by atoms with Gasteiger partial charge in [-0.3, -0.25) is 4.79 Å². The molecule has 0 spiro atoms. The Kier molecular flexibility index (Phi) is 4.27. The number of hydrogen-bond donors (Lipinski definition) is 1. The van der Waals surface area contributed by atoms with Crippen LogP contribution in [0.1, 0.15) is 54.0 Å².